The molecule has 24 heavy (non-hydrogen) atoms. The second kappa shape index (κ2) is 5.53. The zero-order valence-electron chi connectivity index (χ0n) is 13.3. The van der Waals surface area contributed by atoms with Crippen molar-refractivity contribution in [2.75, 3.05) is 6.26 Å². The van der Waals surface area contributed by atoms with Crippen molar-refractivity contribution in [2.24, 2.45) is 0 Å². The van der Waals surface area contributed by atoms with Crippen LogP contribution < -0.4 is 0 Å². The lowest BCUT2D eigenvalue weighted by Gasteiger charge is -2.17. The molecule has 0 fully saturated rings. The second-order valence-corrected chi connectivity index (χ2v) is 8.96. The van der Waals surface area contributed by atoms with Crippen LogP contribution in [0.3, 0.4) is 0 Å². The smallest absolute Gasteiger partial charge is 0.210 e. The van der Waals surface area contributed by atoms with E-state index in [9.17, 15) is 17.6 Å². The highest BCUT2D eigenvalue weighted by Gasteiger charge is 2.43. The molecule has 0 N–H and O–H groups in total. The highest BCUT2D eigenvalue weighted by Crippen LogP contribution is 2.42. The number of rotatable bonds is 3. The average molecular weight is 366 g/mol. The quantitative estimate of drug-likeness (QED) is 0.834. The summed E-state index contributed by atoms with van der Waals surface area (Å²) in [7, 11) is -3.31. The number of ketones is 1. The lowest BCUT2D eigenvalue weighted by atomic mass is 9.94. The number of halogens is 1. The number of benzene rings is 1. The molecule has 0 spiro atoms. The normalized spacial score (nSPS) is 17.2. The average Bonchev–Trinajstić information content (AvgIpc) is 3.00. The van der Waals surface area contributed by atoms with E-state index in [2.05, 4.69) is 0 Å². The van der Waals surface area contributed by atoms with E-state index >= 15 is 0 Å². The molecule has 0 aliphatic carbocycles. The summed E-state index contributed by atoms with van der Waals surface area (Å²) in [4.78, 5) is 12.8. The standard InChI is InChI=1S/C17H15FO4S2/c1-17(2)16(19)14(11-8-13(18)23-9-11)15(22-17)10-4-6-12(7-5-10)24(3,20)21/h4-9H,1-3H3. The van der Waals surface area contributed by atoms with Crippen LogP contribution in [0.25, 0.3) is 11.3 Å². The summed E-state index contributed by atoms with van der Waals surface area (Å²) in [6.07, 6.45) is 1.12. The van der Waals surface area contributed by atoms with Crippen molar-refractivity contribution < 1.29 is 22.3 Å². The van der Waals surface area contributed by atoms with Crippen molar-refractivity contribution in [1.29, 1.82) is 0 Å². The molecule has 0 bridgehead atoms. The Balaban J connectivity index is 2.15. The topological polar surface area (TPSA) is 60.4 Å². The lowest BCUT2D eigenvalue weighted by molar-refractivity contribution is -0.125. The summed E-state index contributed by atoms with van der Waals surface area (Å²) < 4.78 is 42.3. The van der Waals surface area contributed by atoms with Gasteiger partial charge in [0.2, 0.25) is 5.78 Å². The SMILES string of the molecule is CC1(C)OC(c2ccc(S(C)(=O)=O)cc2)=C(c2csc(F)c2)C1=O. The van der Waals surface area contributed by atoms with Crippen LogP contribution in [0.2, 0.25) is 0 Å². The van der Waals surface area contributed by atoms with Gasteiger partial charge >= 0.3 is 0 Å². The molecule has 0 saturated heterocycles. The number of ether oxygens (including phenoxy) is 1. The molecule has 2 heterocycles. The molecule has 2 aromatic rings. The Hall–Kier alpha value is -1.99. The van der Waals surface area contributed by atoms with Crippen LogP contribution in [0.4, 0.5) is 4.39 Å². The Bertz CT molecular complexity index is 951. The van der Waals surface area contributed by atoms with Gasteiger partial charge in [-0.1, -0.05) is 0 Å². The molecular formula is C17H15FO4S2. The Morgan fingerprint density at radius 1 is 1.12 bits per heavy atom. The van der Waals surface area contributed by atoms with Crippen LogP contribution in [0.5, 0.6) is 0 Å². The highest BCUT2D eigenvalue weighted by molar-refractivity contribution is 7.90. The Morgan fingerprint density at radius 3 is 2.25 bits per heavy atom. The molecule has 0 amide bonds. The van der Waals surface area contributed by atoms with Gasteiger partial charge in [0.1, 0.15) is 5.76 Å². The van der Waals surface area contributed by atoms with Crippen molar-refractivity contribution >= 4 is 38.3 Å². The van der Waals surface area contributed by atoms with Gasteiger partial charge in [-0.25, -0.2) is 8.42 Å². The monoisotopic (exact) mass is 366 g/mol. The van der Waals surface area contributed by atoms with Gasteiger partial charge in [-0.15, -0.1) is 11.3 Å². The lowest BCUT2D eigenvalue weighted by Crippen LogP contribution is -2.29. The van der Waals surface area contributed by atoms with Gasteiger partial charge in [0.15, 0.2) is 20.6 Å². The van der Waals surface area contributed by atoms with Gasteiger partial charge in [-0.2, -0.15) is 4.39 Å². The molecule has 126 valence electrons. The van der Waals surface area contributed by atoms with E-state index in [-0.39, 0.29) is 15.8 Å². The van der Waals surface area contributed by atoms with Gasteiger partial charge in [-0.05, 0) is 44.2 Å². The van der Waals surface area contributed by atoms with Gasteiger partial charge in [0.05, 0.1) is 10.5 Å². The zero-order valence-corrected chi connectivity index (χ0v) is 14.9. The van der Waals surface area contributed by atoms with Crippen molar-refractivity contribution in [3.63, 3.8) is 0 Å². The number of Topliss-reactive ketones (excluding diaryl/α,β-unsaturated/α-hetero) is 1. The highest BCUT2D eigenvalue weighted by atomic mass is 32.2. The Morgan fingerprint density at radius 2 is 1.75 bits per heavy atom. The number of carbonyl (C=O) groups is 1. The number of sulfone groups is 1. The van der Waals surface area contributed by atoms with Crippen molar-refractivity contribution in [3.05, 3.63) is 52.0 Å². The number of hydrogen-bond acceptors (Lipinski definition) is 5. The van der Waals surface area contributed by atoms with Crippen LogP contribution in [0.1, 0.15) is 25.0 Å². The largest absolute Gasteiger partial charge is 0.478 e. The molecule has 1 aliphatic rings. The number of carbonyl (C=O) groups excluding carboxylic acids is 1. The molecule has 1 aromatic heterocycles. The second-order valence-electron chi connectivity index (χ2n) is 6.08. The molecule has 1 aliphatic heterocycles. The molecule has 0 saturated carbocycles. The first-order valence-corrected chi connectivity index (χ1v) is 9.90. The third-order valence-electron chi connectivity index (χ3n) is 3.76. The zero-order chi connectivity index (χ0) is 17.7. The van der Waals surface area contributed by atoms with Gasteiger partial charge in [0, 0.05) is 22.8 Å². The fourth-order valence-electron chi connectivity index (χ4n) is 2.52. The molecule has 4 nitrogen and oxygen atoms in total. The predicted octanol–water partition coefficient (Wildman–Crippen LogP) is 3.54. The minimum Gasteiger partial charge on any atom is -0.478 e. The fraction of sp³-hybridized carbons (Fsp3) is 0.235. The minimum absolute atomic E-state index is 0.179. The van der Waals surface area contributed by atoms with E-state index in [0.29, 0.717) is 22.5 Å². The maximum atomic E-state index is 13.4. The fourth-order valence-corrected chi connectivity index (χ4v) is 3.77. The minimum atomic E-state index is -3.31. The number of hydrogen-bond donors (Lipinski definition) is 0. The third kappa shape index (κ3) is 2.89. The third-order valence-corrected chi connectivity index (χ3v) is 5.60. The molecule has 3 rings (SSSR count). The van der Waals surface area contributed by atoms with E-state index in [1.807, 2.05) is 0 Å². The molecular weight excluding hydrogens is 351 g/mol. The Labute approximate surface area is 143 Å². The summed E-state index contributed by atoms with van der Waals surface area (Å²) in [5, 5.41) is 1.18. The molecule has 7 heteroatoms. The van der Waals surface area contributed by atoms with Crippen LogP contribution in [0.15, 0.2) is 40.6 Å². The van der Waals surface area contributed by atoms with Crippen LogP contribution in [-0.4, -0.2) is 26.1 Å². The van der Waals surface area contributed by atoms with E-state index in [4.69, 9.17) is 4.74 Å². The summed E-state index contributed by atoms with van der Waals surface area (Å²) >= 11 is 0.909. The summed E-state index contributed by atoms with van der Waals surface area (Å²) in [6.45, 7) is 3.30. The van der Waals surface area contributed by atoms with Crippen LogP contribution in [-0.2, 0) is 19.4 Å². The first-order valence-electron chi connectivity index (χ1n) is 7.12. The molecule has 1 aromatic carbocycles. The van der Waals surface area contributed by atoms with Crippen LogP contribution >= 0.6 is 11.3 Å². The summed E-state index contributed by atoms with van der Waals surface area (Å²) in [5.74, 6) is 0.102. The first kappa shape index (κ1) is 16.9. The predicted molar refractivity (Wildman–Crippen MR) is 90.8 cm³/mol. The van der Waals surface area contributed by atoms with Gasteiger partial charge in [-0.3, -0.25) is 4.79 Å². The van der Waals surface area contributed by atoms with Crippen molar-refractivity contribution in [3.8, 4) is 0 Å². The molecule has 0 atom stereocenters. The summed E-state index contributed by atoms with van der Waals surface area (Å²) in [5.41, 5.74) is 0.295. The van der Waals surface area contributed by atoms with E-state index in [1.54, 1.807) is 31.4 Å². The van der Waals surface area contributed by atoms with Crippen molar-refractivity contribution in [1.82, 2.24) is 0 Å². The van der Waals surface area contributed by atoms with Crippen molar-refractivity contribution in [2.45, 2.75) is 24.3 Å². The Kier molecular flexibility index (Phi) is 3.88. The maximum absolute atomic E-state index is 13.4. The van der Waals surface area contributed by atoms with Gasteiger partial charge < -0.3 is 4.74 Å². The molecule has 0 unspecified atom stereocenters. The number of thiophene rings is 1. The maximum Gasteiger partial charge on any atom is 0.210 e. The summed E-state index contributed by atoms with van der Waals surface area (Å²) in [6, 6.07) is 7.39. The van der Waals surface area contributed by atoms with E-state index in [1.165, 1.54) is 18.2 Å². The van der Waals surface area contributed by atoms with E-state index in [0.717, 1.165) is 17.6 Å². The molecule has 0 radical (unpaired) electrons. The van der Waals surface area contributed by atoms with Crippen LogP contribution in [0, 0.1) is 5.13 Å². The van der Waals surface area contributed by atoms with E-state index < -0.39 is 15.4 Å². The first-order chi connectivity index (χ1) is 11.1. The van der Waals surface area contributed by atoms with Gasteiger partial charge in [0.25, 0.3) is 0 Å².